The van der Waals surface area contributed by atoms with Gasteiger partial charge in [0.1, 0.15) is 5.82 Å². The third-order valence-electron chi connectivity index (χ3n) is 3.26. The summed E-state index contributed by atoms with van der Waals surface area (Å²) in [6.07, 6.45) is 2.03. The number of hydrogen-bond donors (Lipinski definition) is 2. The molecule has 0 amide bonds. The predicted octanol–water partition coefficient (Wildman–Crippen LogP) is 2.21. The molecule has 21 heavy (non-hydrogen) atoms. The van der Waals surface area contributed by atoms with Crippen LogP contribution in [-0.4, -0.2) is 25.6 Å². The zero-order valence-corrected chi connectivity index (χ0v) is 12.3. The lowest BCUT2D eigenvalue weighted by molar-refractivity contribution is 0.355. The second-order valence-electron chi connectivity index (χ2n) is 5.97. The van der Waals surface area contributed by atoms with Gasteiger partial charge >= 0.3 is 0 Å². The summed E-state index contributed by atoms with van der Waals surface area (Å²) in [7, 11) is 0. The van der Waals surface area contributed by atoms with Crippen molar-refractivity contribution < 1.29 is 4.52 Å². The number of imidazole rings is 1. The Morgan fingerprint density at radius 1 is 1.24 bits per heavy atom. The van der Waals surface area contributed by atoms with E-state index in [1.165, 1.54) is 0 Å². The SMILES string of the molecule is CC(C)(N)CCc1nc(Cc2nc3ccccc3[nH]2)no1. The van der Waals surface area contributed by atoms with Crippen LogP contribution in [0.3, 0.4) is 0 Å². The molecule has 3 aromatic rings. The molecule has 0 spiro atoms. The highest BCUT2D eigenvalue weighted by atomic mass is 16.5. The maximum atomic E-state index is 5.95. The van der Waals surface area contributed by atoms with Crippen molar-refractivity contribution in [3.05, 3.63) is 41.8 Å². The molecule has 0 radical (unpaired) electrons. The predicted molar refractivity (Wildman–Crippen MR) is 79.8 cm³/mol. The average molecular weight is 285 g/mol. The van der Waals surface area contributed by atoms with Crippen LogP contribution in [-0.2, 0) is 12.8 Å². The molecule has 6 heteroatoms. The minimum absolute atomic E-state index is 0.229. The van der Waals surface area contributed by atoms with Gasteiger partial charge < -0.3 is 15.2 Å². The molecule has 3 N–H and O–H groups in total. The maximum absolute atomic E-state index is 5.95. The van der Waals surface area contributed by atoms with Gasteiger partial charge in [-0.25, -0.2) is 4.98 Å². The van der Waals surface area contributed by atoms with Crippen molar-refractivity contribution in [1.82, 2.24) is 20.1 Å². The van der Waals surface area contributed by atoms with Crippen molar-refractivity contribution in [3.8, 4) is 0 Å². The Hall–Kier alpha value is -2.21. The van der Waals surface area contributed by atoms with Crippen LogP contribution in [0, 0.1) is 0 Å². The second-order valence-corrected chi connectivity index (χ2v) is 5.97. The van der Waals surface area contributed by atoms with E-state index in [1.54, 1.807) is 0 Å². The molecule has 0 saturated heterocycles. The Labute approximate surface area is 122 Å². The number of fused-ring (bicyclic) bond motifs is 1. The number of nitrogens with one attached hydrogen (secondary N) is 1. The van der Waals surface area contributed by atoms with E-state index in [0.29, 0.717) is 24.6 Å². The zero-order chi connectivity index (χ0) is 14.9. The summed E-state index contributed by atoms with van der Waals surface area (Å²) in [6, 6.07) is 7.91. The van der Waals surface area contributed by atoms with Crippen LogP contribution in [0.25, 0.3) is 11.0 Å². The summed E-state index contributed by atoms with van der Waals surface area (Å²) in [5, 5.41) is 4.00. The zero-order valence-electron chi connectivity index (χ0n) is 12.3. The second kappa shape index (κ2) is 5.29. The third kappa shape index (κ3) is 3.46. The highest BCUT2D eigenvalue weighted by molar-refractivity contribution is 5.74. The number of rotatable bonds is 5. The van der Waals surface area contributed by atoms with Gasteiger partial charge in [-0.15, -0.1) is 0 Å². The number of aromatic amines is 1. The van der Waals surface area contributed by atoms with Gasteiger partial charge in [0.25, 0.3) is 0 Å². The van der Waals surface area contributed by atoms with Crippen molar-refractivity contribution in [2.45, 2.75) is 38.6 Å². The Balaban J connectivity index is 1.69. The largest absolute Gasteiger partial charge is 0.342 e. The molecule has 0 aliphatic heterocycles. The lowest BCUT2D eigenvalue weighted by Gasteiger charge is -2.16. The van der Waals surface area contributed by atoms with Crippen molar-refractivity contribution in [3.63, 3.8) is 0 Å². The standard InChI is InChI=1S/C15H19N5O/c1-15(2,16)8-7-14-19-13(20-21-14)9-12-17-10-5-3-4-6-11(10)18-12/h3-6H,7-9,16H2,1-2H3,(H,17,18). The summed E-state index contributed by atoms with van der Waals surface area (Å²) in [4.78, 5) is 12.1. The quantitative estimate of drug-likeness (QED) is 0.749. The number of benzene rings is 1. The molecule has 2 aromatic heterocycles. The van der Waals surface area contributed by atoms with Crippen LogP contribution in [0.5, 0.6) is 0 Å². The van der Waals surface area contributed by atoms with E-state index in [1.807, 2.05) is 38.1 Å². The smallest absolute Gasteiger partial charge is 0.226 e. The molecule has 0 bridgehead atoms. The van der Waals surface area contributed by atoms with Gasteiger partial charge in [-0.1, -0.05) is 17.3 Å². The molecule has 110 valence electrons. The topological polar surface area (TPSA) is 93.6 Å². The highest BCUT2D eigenvalue weighted by Gasteiger charge is 2.14. The molecule has 0 aliphatic rings. The summed E-state index contributed by atoms with van der Waals surface area (Å²) < 4.78 is 5.25. The van der Waals surface area contributed by atoms with E-state index in [9.17, 15) is 0 Å². The van der Waals surface area contributed by atoms with Crippen LogP contribution < -0.4 is 5.73 Å². The maximum Gasteiger partial charge on any atom is 0.226 e. The number of hydrogen-bond acceptors (Lipinski definition) is 5. The third-order valence-corrected chi connectivity index (χ3v) is 3.26. The van der Waals surface area contributed by atoms with Gasteiger partial charge in [-0.05, 0) is 32.4 Å². The highest BCUT2D eigenvalue weighted by Crippen LogP contribution is 2.13. The molecule has 6 nitrogen and oxygen atoms in total. The lowest BCUT2D eigenvalue weighted by atomic mass is 10.0. The first-order valence-electron chi connectivity index (χ1n) is 7.03. The first-order valence-corrected chi connectivity index (χ1v) is 7.03. The van der Waals surface area contributed by atoms with E-state index in [0.717, 1.165) is 23.3 Å². The number of aromatic nitrogens is 4. The van der Waals surface area contributed by atoms with E-state index in [4.69, 9.17) is 10.3 Å². The van der Waals surface area contributed by atoms with Gasteiger partial charge in [-0.2, -0.15) is 4.98 Å². The molecule has 0 unspecified atom stereocenters. The number of aryl methyl sites for hydroxylation is 1. The first kappa shape index (κ1) is 13.8. The molecule has 0 aliphatic carbocycles. The molecule has 0 atom stereocenters. The van der Waals surface area contributed by atoms with E-state index in [-0.39, 0.29) is 5.54 Å². The van der Waals surface area contributed by atoms with Crippen molar-refractivity contribution in [1.29, 1.82) is 0 Å². The Kier molecular flexibility index (Phi) is 3.47. The van der Waals surface area contributed by atoms with E-state index >= 15 is 0 Å². The molecule has 0 fully saturated rings. The van der Waals surface area contributed by atoms with Crippen molar-refractivity contribution in [2.75, 3.05) is 0 Å². The Bertz CT molecular complexity index is 705. The summed E-state index contributed by atoms with van der Waals surface area (Å²) in [5.41, 5.74) is 7.68. The Morgan fingerprint density at radius 3 is 2.81 bits per heavy atom. The molecular weight excluding hydrogens is 266 g/mol. The van der Waals surface area contributed by atoms with Crippen LogP contribution >= 0.6 is 0 Å². The van der Waals surface area contributed by atoms with Crippen LogP contribution in [0.2, 0.25) is 0 Å². The minimum Gasteiger partial charge on any atom is -0.342 e. The van der Waals surface area contributed by atoms with Gasteiger partial charge in [0.2, 0.25) is 5.89 Å². The number of H-pyrrole nitrogens is 1. The van der Waals surface area contributed by atoms with Gasteiger partial charge in [0.05, 0.1) is 17.5 Å². The normalized spacial score (nSPS) is 12.1. The van der Waals surface area contributed by atoms with E-state index < -0.39 is 0 Å². The minimum atomic E-state index is -0.229. The molecule has 3 rings (SSSR count). The lowest BCUT2D eigenvalue weighted by Crippen LogP contribution is -2.32. The summed E-state index contributed by atoms with van der Waals surface area (Å²) >= 11 is 0. The first-order chi connectivity index (χ1) is 9.99. The molecule has 1 aromatic carbocycles. The van der Waals surface area contributed by atoms with Crippen LogP contribution in [0.15, 0.2) is 28.8 Å². The van der Waals surface area contributed by atoms with Gasteiger partial charge in [0.15, 0.2) is 5.82 Å². The average Bonchev–Trinajstić information content (AvgIpc) is 3.01. The van der Waals surface area contributed by atoms with Gasteiger partial charge in [0, 0.05) is 12.0 Å². The number of nitrogens with zero attached hydrogens (tertiary/aromatic N) is 3. The Morgan fingerprint density at radius 2 is 2.05 bits per heavy atom. The fourth-order valence-corrected chi connectivity index (χ4v) is 2.13. The van der Waals surface area contributed by atoms with Crippen molar-refractivity contribution >= 4 is 11.0 Å². The molecule has 2 heterocycles. The fraction of sp³-hybridized carbons (Fsp3) is 0.400. The van der Waals surface area contributed by atoms with Gasteiger partial charge in [-0.3, -0.25) is 0 Å². The monoisotopic (exact) mass is 285 g/mol. The summed E-state index contributed by atoms with van der Waals surface area (Å²) in [6.45, 7) is 3.97. The van der Waals surface area contributed by atoms with Crippen molar-refractivity contribution in [2.24, 2.45) is 5.73 Å². The fourth-order valence-electron chi connectivity index (χ4n) is 2.13. The summed E-state index contributed by atoms with van der Waals surface area (Å²) in [5.74, 6) is 2.10. The number of nitrogens with two attached hydrogens (primary N) is 1. The molecular formula is C15H19N5O. The van der Waals surface area contributed by atoms with E-state index in [2.05, 4.69) is 20.1 Å². The van der Waals surface area contributed by atoms with Crippen LogP contribution in [0.1, 0.15) is 37.8 Å². The number of para-hydroxylation sites is 2. The molecule has 0 saturated carbocycles. The van der Waals surface area contributed by atoms with Crippen LogP contribution in [0.4, 0.5) is 0 Å².